The number of halogens is 5. The number of nitrogens with zero attached hydrogens (tertiary/aromatic N) is 2. The smallest absolute Gasteiger partial charge is 0.461 e. The number of hydrogen-bond donors (Lipinski definition) is 1. The molecule has 0 fully saturated rings. The summed E-state index contributed by atoms with van der Waals surface area (Å²) in [7, 11) is 0. The van der Waals surface area contributed by atoms with Crippen molar-refractivity contribution in [3.8, 4) is 17.0 Å². The number of esters is 1. The zero-order valence-electron chi connectivity index (χ0n) is 11.4. The average Bonchev–Trinajstić information content (AvgIpc) is 2.92. The maximum atomic E-state index is 14.2. The molecule has 0 unspecified atom stereocenters. The van der Waals surface area contributed by atoms with Gasteiger partial charge in [-0.1, -0.05) is 0 Å². The molecule has 124 valence electrons. The lowest BCUT2D eigenvalue weighted by molar-refractivity contribution is -0.276. The molecule has 0 bridgehead atoms. The van der Waals surface area contributed by atoms with E-state index in [4.69, 9.17) is 0 Å². The van der Waals surface area contributed by atoms with E-state index in [0.717, 1.165) is 6.07 Å². The summed E-state index contributed by atoms with van der Waals surface area (Å²) in [4.78, 5) is 11.6. The lowest BCUT2D eigenvalue weighted by atomic mass is 10.1. The van der Waals surface area contributed by atoms with Gasteiger partial charge in [0.15, 0.2) is 17.3 Å². The molecule has 0 radical (unpaired) electrons. The third-order valence-electron chi connectivity index (χ3n) is 2.54. The Kier molecular flexibility index (Phi) is 4.48. The van der Waals surface area contributed by atoms with E-state index in [1.165, 1.54) is 6.92 Å². The zero-order valence-corrected chi connectivity index (χ0v) is 11.4. The first-order valence-corrected chi connectivity index (χ1v) is 6.06. The molecular weight excluding hydrogens is 329 g/mol. The van der Waals surface area contributed by atoms with Gasteiger partial charge < -0.3 is 9.47 Å². The predicted molar refractivity (Wildman–Crippen MR) is 64.4 cm³/mol. The SMILES string of the molecule is CCOC(=O)c1n[nH]nc1-c1ccc(F)c(OC(F)(F)F)c1F. The van der Waals surface area contributed by atoms with Crippen molar-refractivity contribution in [1.29, 1.82) is 0 Å². The summed E-state index contributed by atoms with van der Waals surface area (Å²) >= 11 is 0. The summed E-state index contributed by atoms with van der Waals surface area (Å²) in [6.07, 6.45) is -5.30. The predicted octanol–water partition coefficient (Wildman–Crippen LogP) is 2.83. The van der Waals surface area contributed by atoms with Gasteiger partial charge in [0, 0.05) is 5.56 Å². The number of benzene rings is 1. The number of rotatable bonds is 4. The topological polar surface area (TPSA) is 77.1 Å². The Labute approximate surface area is 125 Å². The van der Waals surface area contributed by atoms with Crippen LogP contribution in [0.25, 0.3) is 11.3 Å². The zero-order chi connectivity index (χ0) is 17.2. The molecule has 2 rings (SSSR count). The summed E-state index contributed by atoms with van der Waals surface area (Å²) in [6.45, 7) is 1.49. The normalized spacial score (nSPS) is 11.4. The van der Waals surface area contributed by atoms with Gasteiger partial charge >= 0.3 is 12.3 Å². The van der Waals surface area contributed by atoms with Gasteiger partial charge in [0.25, 0.3) is 0 Å². The average molecular weight is 337 g/mol. The van der Waals surface area contributed by atoms with Crippen LogP contribution < -0.4 is 4.74 Å². The number of carbonyl (C=O) groups excluding carboxylic acids is 1. The minimum absolute atomic E-state index is 0.0144. The molecule has 23 heavy (non-hydrogen) atoms. The van der Waals surface area contributed by atoms with Crippen molar-refractivity contribution in [2.45, 2.75) is 13.3 Å². The van der Waals surface area contributed by atoms with E-state index >= 15 is 0 Å². The third-order valence-corrected chi connectivity index (χ3v) is 2.54. The van der Waals surface area contributed by atoms with E-state index in [1.54, 1.807) is 0 Å². The van der Waals surface area contributed by atoms with Gasteiger partial charge in [0.1, 0.15) is 5.69 Å². The summed E-state index contributed by atoms with van der Waals surface area (Å²) < 4.78 is 72.2. The van der Waals surface area contributed by atoms with E-state index in [2.05, 4.69) is 19.7 Å². The van der Waals surface area contributed by atoms with Crippen LogP contribution in [-0.4, -0.2) is 34.3 Å². The van der Waals surface area contributed by atoms with E-state index in [9.17, 15) is 26.7 Å². The Balaban J connectivity index is 2.52. The van der Waals surface area contributed by atoms with Crippen LogP contribution in [0.3, 0.4) is 0 Å². The van der Waals surface area contributed by atoms with Crippen LogP contribution in [0, 0.1) is 11.6 Å². The highest BCUT2D eigenvalue weighted by molar-refractivity contribution is 5.94. The van der Waals surface area contributed by atoms with Crippen molar-refractivity contribution in [1.82, 2.24) is 15.4 Å². The van der Waals surface area contributed by atoms with Crippen LogP contribution >= 0.6 is 0 Å². The third kappa shape index (κ3) is 3.55. The fraction of sp³-hybridized carbons (Fsp3) is 0.250. The number of carbonyl (C=O) groups is 1. The van der Waals surface area contributed by atoms with Crippen molar-refractivity contribution < 1.29 is 36.2 Å². The van der Waals surface area contributed by atoms with Gasteiger partial charge in [-0.15, -0.1) is 18.3 Å². The van der Waals surface area contributed by atoms with Gasteiger partial charge in [-0.25, -0.2) is 13.6 Å². The first-order chi connectivity index (χ1) is 10.7. The number of alkyl halides is 3. The molecule has 0 aliphatic carbocycles. The second-order valence-corrected chi connectivity index (χ2v) is 4.03. The van der Waals surface area contributed by atoms with E-state index in [-0.39, 0.29) is 6.61 Å². The van der Waals surface area contributed by atoms with Crippen LogP contribution in [0.2, 0.25) is 0 Å². The van der Waals surface area contributed by atoms with Gasteiger partial charge in [-0.05, 0) is 19.1 Å². The number of aromatic amines is 1. The van der Waals surface area contributed by atoms with Gasteiger partial charge in [-0.3, -0.25) is 0 Å². The molecule has 0 amide bonds. The molecule has 0 spiro atoms. The summed E-state index contributed by atoms with van der Waals surface area (Å²) in [5.74, 6) is -5.88. The van der Waals surface area contributed by atoms with Crippen LogP contribution in [0.4, 0.5) is 22.0 Å². The first-order valence-electron chi connectivity index (χ1n) is 6.06. The number of H-pyrrole nitrogens is 1. The minimum Gasteiger partial charge on any atom is -0.461 e. The second-order valence-electron chi connectivity index (χ2n) is 4.03. The van der Waals surface area contributed by atoms with Crippen molar-refractivity contribution in [3.63, 3.8) is 0 Å². The Bertz CT molecular complexity index is 729. The van der Waals surface area contributed by atoms with Crippen molar-refractivity contribution >= 4 is 5.97 Å². The Morgan fingerprint density at radius 1 is 1.26 bits per heavy atom. The number of aromatic nitrogens is 3. The van der Waals surface area contributed by atoms with Crippen LogP contribution in [0.15, 0.2) is 12.1 Å². The molecule has 1 N–H and O–H groups in total. The number of ether oxygens (including phenoxy) is 2. The van der Waals surface area contributed by atoms with Gasteiger partial charge in [-0.2, -0.15) is 10.3 Å². The van der Waals surface area contributed by atoms with Crippen molar-refractivity contribution in [3.05, 3.63) is 29.5 Å². The fourth-order valence-corrected chi connectivity index (χ4v) is 1.69. The minimum atomic E-state index is -5.30. The van der Waals surface area contributed by atoms with Gasteiger partial charge in [0.05, 0.1) is 6.61 Å². The Morgan fingerprint density at radius 3 is 2.57 bits per heavy atom. The molecule has 1 heterocycles. The maximum absolute atomic E-state index is 14.2. The summed E-state index contributed by atoms with van der Waals surface area (Å²) in [6, 6.07) is 1.34. The van der Waals surface area contributed by atoms with E-state index < -0.39 is 46.7 Å². The quantitative estimate of drug-likeness (QED) is 0.686. The van der Waals surface area contributed by atoms with Gasteiger partial charge in [0.2, 0.25) is 5.75 Å². The van der Waals surface area contributed by atoms with Crippen LogP contribution in [0.1, 0.15) is 17.4 Å². The largest absolute Gasteiger partial charge is 0.573 e. The highest BCUT2D eigenvalue weighted by atomic mass is 19.4. The maximum Gasteiger partial charge on any atom is 0.573 e. The highest BCUT2D eigenvalue weighted by Crippen LogP contribution is 2.34. The highest BCUT2D eigenvalue weighted by Gasteiger charge is 2.35. The van der Waals surface area contributed by atoms with Crippen LogP contribution in [0.5, 0.6) is 5.75 Å². The Morgan fingerprint density at radius 2 is 1.96 bits per heavy atom. The van der Waals surface area contributed by atoms with E-state index in [0.29, 0.717) is 6.07 Å². The monoisotopic (exact) mass is 337 g/mol. The first kappa shape index (κ1) is 16.6. The molecule has 0 aliphatic heterocycles. The summed E-state index contributed by atoms with van der Waals surface area (Å²) in [5.41, 5.74) is -1.51. The molecule has 0 aliphatic rings. The number of nitrogens with one attached hydrogen (secondary N) is 1. The van der Waals surface area contributed by atoms with Crippen molar-refractivity contribution in [2.75, 3.05) is 6.61 Å². The molecule has 1 aromatic heterocycles. The standard InChI is InChI=1S/C12H8F5N3O3/c1-2-22-11(21)9-8(18-20-19-9)5-3-4-6(13)10(7(5)14)23-12(15,16)17/h3-4H,2H2,1H3,(H,18,19,20). The molecule has 6 nitrogen and oxygen atoms in total. The molecule has 0 saturated carbocycles. The lowest BCUT2D eigenvalue weighted by Crippen LogP contribution is -2.19. The second kappa shape index (κ2) is 6.18. The fourth-order valence-electron chi connectivity index (χ4n) is 1.69. The van der Waals surface area contributed by atoms with Crippen LogP contribution in [-0.2, 0) is 4.74 Å². The lowest BCUT2D eigenvalue weighted by Gasteiger charge is -2.12. The Hall–Kier alpha value is -2.72. The van der Waals surface area contributed by atoms with Crippen molar-refractivity contribution in [2.24, 2.45) is 0 Å². The molecule has 1 aromatic carbocycles. The molecule has 11 heteroatoms. The molecular formula is C12H8F5N3O3. The molecule has 0 saturated heterocycles. The number of hydrogen-bond acceptors (Lipinski definition) is 5. The molecule has 0 atom stereocenters. The van der Waals surface area contributed by atoms with E-state index in [1.807, 2.05) is 5.21 Å². The molecule has 2 aromatic rings. The summed E-state index contributed by atoms with van der Waals surface area (Å²) in [5, 5.41) is 8.95.